The van der Waals surface area contributed by atoms with E-state index in [1.165, 1.54) is 5.56 Å². The molecule has 0 radical (unpaired) electrons. The van der Waals surface area contributed by atoms with Gasteiger partial charge in [0.05, 0.1) is 14.2 Å². The van der Waals surface area contributed by atoms with Crippen molar-refractivity contribution < 1.29 is 14.3 Å². The van der Waals surface area contributed by atoms with Crippen LogP contribution < -0.4 is 9.47 Å². The average molecular weight is 317 g/mol. The van der Waals surface area contributed by atoms with Crippen molar-refractivity contribution in [2.24, 2.45) is 5.41 Å². The zero-order chi connectivity index (χ0) is 16.8. The molecule has 0 amide bonds. The smallest absolute Gasteiger partial charge is 0.161 e. The van der Waals surface area contributed by atoms with E-state index in [2.05, 4.69) is 37.9 Å². The van der Waals surface area contributed by atoms with E-state index in [0.717, 1.165) is 24.5 Å². The molecular formula is C19H27NO3. The molecule has 2 aliphatic rings. The average Bonchev–Trinajstić information content (AvgIpc) is 2.85. The normalized spacial score (nSPS) is 30.1. The number of carbonyl (C=O) groups excluding carboxylic acids is 1. The second kappa shape index (κ2) is 5.52. The van der Waals surface area contributed by atoms with Gasteiger partial charge in [-0.2, -0.15) is 0 Å². The lowest BCUT2D eigenvalue weighted by atomic mass is 9.52. The van der Waals surface area contributed by atoms with E-state index in [1.54, 1.807) is 14.2 Å². The van der Waals surface area contributed by atoms with Crippen molar-refractivity contribution in [3.8, 4) is 11.5 Å². The van der Waals surface area contributed by atoms with Gasteiger partial charge in [0, 0.05) is 24.3 Å². The number of nitrogens with zero attached hydrogens (tertiary/aromatic N) is 1. The van der Waals surface area contributed by atoms with Gasteiger partial charge in [0.2, 0.25) is 0 Å². The molecule has 1 saturated heterocycles. The number of rotatable bonds is 3. The fraction of sp³-hybridized carbons (Fsp3) is 0.632. The zero-order valence-corrected chi connectivity index (χ0v) is 14.8. The summed E-state index contributed by atoms with van der Waals surface area (Å²) >= 11 is 0. The molecule has 0 spiro atoms. The summed E-state index contributed by atoms with van der Waals surface area (Å²) in [6.45, 7) is 5.51. The van der Waals surface area contributed by atoms with Crippen LogP contribution in [0, 0.1) is 5.41 Å². The summed E-state index contributed by atoms with van der Waals surface area (Å²) in [4.78, 5) is 14.6. The van der Waals surface area contributed by atoms with Gasteiger partial charge in [0.1, 0.15) is 5.78 Å². The predicted octanol–water partition coefficient (Wildman–Crippen LogP) is 3.03. The number of hydrogen-bond acceptors (Lipinski definition) is 4. The third-order valence-electron chi connectivity index (χ3n) is 6.13. The number of likely N-dealkylation sites (N-methyl/N-ethyl adjacent to an activating group) is 1. The summed E-state index contributed by atoms with van der Waals surface area (Å²) in [6, 6.07) is 6.52. The molecule has 0 aromatic heterocycles. The fourth-order valence-corrected chi connectivity index (χ4v) is 4.95. The first-order valence-corrected chi connectivity index (χ1v) is 8.30. The van der Waals surface area contributed by atoms with E-state index in [0.29, 0.717) is 18.6 Å². The summed E-state index contributed by atoms with van der Waals surface area (Å²) in [5, 5.41) is 0. The highest BCUT2D eigenvalue weighted by Crippen LogP contribution is 2.58. The van der Waals surface area contributed by atoms with Gasteiger partial charge in [-0.3, -0.25) is 4.79 Å². The number of likely N-dealkylation sites (tertiary alicyclic amines) is 1. The first-order valence-electron chi connectivity index (χ1n) is 8.30. The van der Waals surface area contributed by atoms with Crippen molar-refractivity contribution in [3.05, 3.63) is 23.8 Å². The van der Waals surface area contributed by atoms with Gasteiger partial charge in [0.25, 0.3) is 0 Å². The third-order valence-corrected chi connectivity index (χ3v) is 6.13. The maximum atomic E-state index is 12.3. The molecule has 126 valence electrons. The van der Waals surface area contributed by atoms with Gasteiger partial charge in [-0.05, 0) is 43.1 Å². The number of methoxy groups -OCH3 is 2. The SMILES string of the molecule is COc1ccc([C@@]23CCN(C)[C@@H]2CC(=O)CC3(C)C)cc1OC. The molecule has 2 fully saturated rings. The molecule has 4 heteroatoms. The molecule has 1 aromatic rings. The van der Waals surface area contributed by atoms with Crippen LogP contribution in [0.4, 0.5) is 0 Å². The molecule has 0 N–H and O–H groups in total. The van der Waals surface area contributed by atoms with Crippen molar-refractivity contribution in [1.29, 1.82) is 0 Å². The molecule has 0 bridgehead atoms. The first-order chi connectivity index (χ1) is 10.9. The van der Waals surface area contributed by atoms with Crippen LogP contribution in [0.2, 0.25) is 0 Å². The van der Waals surface area contributed by atoms with E-state index in [1.807, 2.05) is 6.07 Å². The molecule has 1 aliphatic heterocycles. The Bertz CT molecular complexity index is 625. The second-order valence-corrected chi connectivity index (χ2v) is 7.59. The monoisotopic (exact) mass is 317 g/mol. The Balaban J connectivity index is 2.16. The summed E-state index contributed by atoms with van der Waals surface area (Å²) in [7, 11) is 5.47. The predicted molar refractivity (Wildman–Crippen MR) is 90.3 cm³/mol. The highest BCUT2D eigenvalue weighted by Gasteiger charge is 2.59. The minimum atomic E-state index is -0.0721. The lowest BCUT2D eigenvalue weighted by molar-refractivity contribution is -0.128. The minimum Gasteiger partial charge on any atom is -0.493 e. The standard InChI is InChI=1S/C19H27NO3/c1-18(2)12-14(21)11-17-19(18,8-9-20(17)3)13-6-7-15(22-4)16(10-13)23-5/h6-7,10,17H,8-9,11-12H2,1-5H3/t17-,19+/m1/s1. The van der Waals surface area contributed by atoms with Crippen LogP contribution in [0.15, 0.2) is 18.2 Å². The molecule has 3 rings (SSSR count). The number of ether oxygens (including phenoxy) is 2. The van der Waals surface area contributed by atoms with Crippen LogP contribution in [-0.2, 0) is 10.2 Å². The quantitative estimate of drug-likeness (QED) is 0.859. The molecule has 1 aromatic carbocycles. The number of ketones is 1. The third kappa shape index (κ3) is 2.26. The summed E-state index contributed by atoms with van der Waals surface area (Å²) in [5.41, 5.74) is 1.18. The lowest BCUT2D eigenvalue weighted by Gasteiger charge is -2.52. The molecule has 4 nitrogen and oxygen atoms in total. The number of benzene rings is 1. The van der Waals surface area contributed by atoms with Crippen molar-refractivity contribution in [1.82, 2.24) is 4.90 Å². The van der Waals surface area contributed by atoms with Crippen LogP contribution in [-0.4, -0.2) is 44.5 Å². The van der Waals surface area contributed by atoms with Crippen molar-refractivity contribution in [3.63, 3.8) is 0 Å². The topological polar surface area (TPSA) is 38.8 Å². The Morgan fingerprint density at radius 2 is 1.87 bits per heavy atom. The Morgan fingerprint density at radius 1 is 1.17 bits per heavy atom. The van der Waals surface area contributed by atoms with Crippen molar-refractivity contribution in [2.45, 2.75) is 44.6 Å². The lowest BCUT2D eigenvalue weighted by Crippen LogP contribution is -2.56. The van der Waals surface area contributed by atoms with E-state index < -0.39 is 0 Å². The van der Waals surface area contributed by atoms with Gasteiger partial charge in [-0.1, -0.05) is 19.9 Å². The maximum Gasteiger partial charge on any atom is 0.161 e. The Kier molecular flexibility index (Phi) is 3.91. The van der Waals surface area contributed by atoms with E-state index >= 15 is 0 Å². The largest absolute Gasteiger partial charge is 0.493 e. The Labute approximate surface area is 138 Å². The van der Waals surface area contributed by atoms with Crippen LogP contribution in [0.1, 0.15) is 38.7 Å². The summed E-state index contributed by atoms with van der Waals surface area (Å²) in [6.07, 6.45) is 2.36. The molecular weight excluding hydrogens is 290 g/mol. The van der Waals surface area contributed by atoms with Gasteiger partial charge in [-0.25, -0.2) is 0 Å². The van der Waals surface area contributed by atoms with Crippen LogP contribution in [0.3, 0.4) is 0 Å². The minimum absolute atomic E-state index is 0.0186. The second-order valence-electron chi connectivity index (χ2n) is 7.59. The van der Waals surface area contributed by atoms with Gasteiger partial charge in [-0.15, -0.1) is 0 Å². The van der Waals surface area contributed by atoms with Crippen molar-refractivity contribution >= 4 is 5.78 Å². The van der Waals surface area contributed by atoms with Gasteiger partial charge < -0.3 is 14.4 Å². The number of hydrogen-bond donors (Lipinski definition) is 0. The zero-order valence-electron chi connectivity index (χ0n) is 14.8. The number of Topliss-reactive ketones (excluding diaryl/α,β-unsaturated/α-hetero) is 1. The van der Waals surface area contributed by atoms with E-state index in [4.69, 9.17) is 9.47 Å². The van der Waals surface area contributed by atoms with Crippen LogP contribution in [0.5, 0.6) is 11.5 Å². The Morgan fingerprint density at radius 3 is 2.52 bits per heavy atom. The van der Waals surface area contributed by atoms with Gasteiger partial charge in [0.15, 0.2) is 11.5 Å². The molecule has 1 aliphatic carbocycles. The van der Waals surface area contributed by atoms with E-state index in [9.17, 15) is 4.79 Å². The number of fused-ring (bicyclic) bond motifs is 1. The number of carbonyl (C=O) groups is 1. The molecule has 2 atom stereocenters. The maximum absolute atomic E-state index is 12.3. The summed E-state index contributed by atoms with van der Waals surface area (Å²) < 4.78 is 10.9. The van der Waals surface area contributed by atoms with Crippen LogP contribution >= 0.6 is 0 Å². The first kappa shape index (κ1) is 16.3. The van der Waals surface area contributed by atoms with E-state index in [-0.39, 0.29) is 16.9 Å². The molecule has 0 unspecified atom stereocenters. The van der Waals surface area contributed by atoms with Crippen molar-refractivity contribution in [2.75, 3.05) is 27.8 Å². The Hall–Kier alpha value is -1.55. The van der Waals surface area contributed by atoms with Crippen LogP contribution in [0.25, 0.3) is 0 Å². The molecule has 23 heavy (non-hydrogen) atoms. The van der Waals surface area contributed by atoms with Gasteiger partial charge >= 0.3 is 0 Å². The highest BCUT2D eigenvalue weighted by atomic mass is 16.5. The molecule has 1 saturated carbocycles. The highest BCUT2D eigenvalue weighted by molar-refractivity contribution is 5.82. The fourth-order valence-electron chi connectivity index (χ4n) is 4.95. The molecule has 1 heterocycles. The summed E-state index contributed by atoms with van der Waals surface area (Å²) in [5.74, 6) is 1.89.